The van der Waals surface area contributed by atoms with E-state index in [0.29, 0.717) is 21.4 Å². The molecule has 0 aromatic heterocycles. The van der Waals surface area contributed by atoms with Gasteiger partial charge >= 0.3 is 0 Å². The lowest BCUT2D eigenvalue weighted by Gasteiger charge is -2.04. The first-order valence-corrected chi connectivity index (χ1v) is 7.22. The van der Waals surface area contributed by atoms with Gasteiger partial charge in [0.2, 0.25) is 0 Å². The lowest BCUT2D eigenvalue weighted by molar-refractivity contribution is 0.0959. The summed E-state index contributed by atoms with van der Waals surface area (Å²) in [5.41, 5.74) is 1.13. The van der Waals surface area contributed by atoms with Gasteiger partial charge in [0, 0.05) is 5.02 Å². The maximum Gasteiger partial charge on any atom is 0.253 e. The quantitative estimate of drug-likeness (QED) is 0.868. The zero-order valence-electron chi connectivity index (χ0n) is 11.8. The Labute approximate surface area is 139 Å². The van der Waals surface area contributed by atoms with Crippen LogP contribution in [0, 0.1) is 11.8 Å². The predicted molar refractivity (Wildman–Crippen MR) is 88.7 cm³/mol. The summed E-state index contributed by atoms with van der Waals surface area (Å²) in [4.78, 5) is 12.0. The van der Waals surface area contributed by atoms with Gasteiger partial charge in [-0.25, -0.2) is 0 Å². The van der Waals surface area contributed by atoms with Gasteiger partial charge in [0.1, 0.15) is 5.75 Å². The Morgan fingerprint density at radius 1 is 1.23 bits per heavy atom. The number of rotatable bonds is 3. The second kappa shape index (κ2) is 7.74. The van der Waals surface area contributed by atoms with Crippen molar-refractivity contribution in [1.82, 2.24) is 5.32 Å². The zero-order valence-corrected chi connectivity index (χ0v) is 13.3. The van der Waals surface area contributed by atoms with Crippen molar-refractivity contribution < 1.29 is 9.53 Å². The molecule has 0 spiro atoms. The number of methoxy groups -OCH3 is 1. The standard InChI is InChI=1S/C17H13Cl2NO2/c1-22-16-7-3-2-5-12(16)6-4-10-20-17(21)14-9-8-13(18)11-15(14)19/h2-3,5,7-9,11H,10H2,1H3,(H,20,21). The fourth-order valence-electron chi connectivity index (χ4n) is 1.78. The minimum absolute atomic E-state index is 0.204. The van der Waals surface area contributed by atoms with Gasteiger partial charge in [-0.15, -0.1) is 0 Å². The third-order valence-electron chi connectivity index (χ3n) is 2.84. The van der Waals surface area contributed by atoms with Gasteiger partial charge in [0.25, 0.3) is 5.91 Å². The summed E-state index contributed by atoms with van der Waals surface area (Å²) in [5, 5.41) is 3.48. The summed E-state index contributed by atoms with van der Waals surface area (Å²) in [5.74, 6) is 6.23. The van der Waals surface area contributed by atoms with E-state index in [2.05, 4.69) is 17.2 Å². The molecule has 2 rings (SSSR count). The highest BCUT2D eigenvalue weighted by molar-refractivity contribution is 6.36. The molecule has 0 fully saturated rings. The number of halogens is 2. The van der Waals surface area contributed by atoms with Gasteiger partial charge in [-0.2, -0.15) is 0 Å². The smallest absolute Gasteiger partial charge is 0.253 e. The summed E-state index contributed by atoms with van der Waals surface area (Å²) >= 11 is 11.8. The number of nitrogens with one attached hydrogen (secondary N) is 1. The van der Waals surface area contributed by atoms with E-state index < -0.39 is 0 Å². The lowest BCUT2D eigenvalue weighted by Crippen LogP contribution is -2.23. The molecule has 3 nitrogen and oxygen atoms in total. The fourth-order valence-corrected chi connectivity index (χ4v) is 2.27. The third-order valence-corrected chi connectivity index (χ3v) is 3.39. The monoisotopic (exact) mass is 333 g/mol. The van der Waals surface area contributed by atoms with E-state index >= 15 is 0 Å². The normalized spacial score (nSPS) is 9.59. The topological polar surface area (TPSA) is 38.3 Å². The van der Waals surface area contributed by atoms with E-state index in [9.17, 15) is 4.79 Å². The number of hydrogen-bond acceptors (Lipinski definition) is 2. The highest BCUT2D eigenvalue weighted by Gasteiger charge is 2.09. The average molecular weight is 334 g/mol. The van der Waals surface area contributed by atoms with Crippen LogP contribution >= 0.6 is 23.2 Å². The van der Waals surface area contributed by atoms with Gasteiger partial charge in [-0.1, -0.05) is 47.2 Å². The number of para-hydroxylation sites is 1. The average Bonchev–Trinajstić information content (AvgIpc) is 2.51. The van der Waals surface area contributed by atoms with Crippen LogP contribution in [0.25, 0.3) is 0 Å². The van der Waals surface area contributed by atoms with Crippen molar-refractivity contribution in [2.24, 2.45) is 0 Å². The van der Waals surface area contributed by atoms with Crippen LogP contribution in [0.3, 0.4) is 0 Å². The van der Waals surface area contributed by atoms with Gasteiger partial charge < -0.3 is 10.1 Å². The Balaban J connectivity index is 1.99. The SMILES string of the molecule is COc1ccccc1C#CCNC(=O)c1ccc(Cl)cc1Cl. The maximum atomic E-state index is 12.0. The van der Waals surface area contributed by atoms with Crippen molar-refractivity contribution in [2.45, 2.75) is 0 Å². The Morgan fingerprint density at radius 3 is 2.73 bits per heavy atom. The van der Waals surface area contributed by atoms with Gasteiger partial charge in [-0.3, -0.25) is 4.79 Å². The summed E-state index contributed by atoms with van der Waals surface area (Å²) in [6.07, 6.45) is 0. The molecule has 112 valence electrons. The number of hydrogen-bond donors (Lipinski definition) is 1. The van der Waals surface area contributed by atoms with Crippen molar-refractivity contribution in [3.63, 3.8) is 0 Å². The van der Waals surface area contributed by atoms with Crippen LogP contribution in [-0.2, 0) is 0 Å². The number of benzene rings is 2. The molecule has 0 aliphatic heterocycles. The molecule has 2 aromatic carbocycles. The molecular weight excluding hydrogens is 321 g/mol. The van der Waals surface area contributed by atoms with E-state index in [0.717, 1.165) is 5.56 Å². The molecule has 0 atom stereocenters. The molecule has 0 aliphatic carbocycles. The van der Waals surface area contributed by atoms with Gasteiger partial charge in [0.15, 0.2) is 0 Å². The fraction of sp³-hybridized carbons (Fsp3) is 0.118. The van der Waals surface area contributed by atoms with E-state index in [-0.39, 0.29) is 12.5 Å². The summed E-state index contributed by atoms with van der Waals surface area (Å²) in [7, 11) is 1.59. The van der Waals surface area contributed by atoms with Gasteiger partial charge in [-0.05, 0) is 30.3 Å². The second-order valence-electron chi connectivity index (χ2n) is 4.31. The molecule has 1 N–H and O–H groups in total. The molecule has 0 aliphatic rings. The van der Waals surface area contributed by atoms with Crippen molar-refractivity contribution in [3.8, 4) is 17.6 Å². The maximum absolute atomic E-state index is 12.0. The van der Waals surface area contributed by atoms with Crippen LogP contribution in [0.2, 0.25) is 10.0 Å². The Morgan fingerprint density at radius 2 is 2.00 bits per heavy atom. The number of amides is 1. The van der Waals surface area contributed by atoms with Crippen molar-refractivity contribution in [2.75, 3.05) is 13.7 Å². The summed E-state index contributed by atoms with van der Waals surface area (Å²) in [6, 6.07) is 12.1. The molecule has 22 heavy (non-hydrogen) atoms. The second-order valence-corrected chi connectivity index (χ2v) is 5.15. The summed E-state index contributed by atoms with van der Waals surface area (Å²) < 4.78 is 5.20. The number of carbonyl (C=O) groups excluding carboxylic acids is 1. The first kappa shape index (κ1) is 16.2. The minimum atomic E-state index is -0.295. The Bertz CT molecular complexity index is 748. The Kier molecular flexibility index (Phi) is 5.71. The molecule has 0 saturated carbocycles. The van der Waals surface area contributed by atoms with Crippen LogP contribution in [0.5, 0.6) is 5.75 Å². The van der Waals surface area contributed by atoms with Gasteiger partial charge in [0.05, 0.1) is 29.8 Å². The van der Waals surface area contributed by atoms with E-state index in [1.54, 1.807) is 19.2 Å². The van der Waals surface area contributed by atoms with E-state index in [1.807, 2.05) is 24.3 Å². The van der Waals surface area contributed by atoms with E-state index in [4.69, 9.17) is 27.9 Å². The molecular formula is C17H13Cl2NO2. The van der Waals surface area contributed by atoms with Crippen LogP contribution in [0.15, 0.2) is 42.5 Å². The molecule has 0 heterocycles. The molecule has 5 heteroatoms. The van der Waals surface area contributed by atoms with Crippen LogP contribution < -0.4 is 10.1 Å². The highest BCUT2D eigenvalue weighted by Crippen LogP contribution is 2.20. The van der Waals surface area contributed by atoms with Crippen molar-refractivity contribution >= 4 is 29.1 Å². The number of ether oxygens (including phenoxy) is 1. The molecule has 0 bridgehead atoms. The summed E-state index contributed by atoms with van der Waals surface area (Å²) in [6.45, 7) is 0.204. The van der Waals surface area contributed by atoms with Crippen LogP contribution in [-0.4, -0.2) is 19.6 Å². The van der Waals surface area contributed by atoms with Crippen LogP contribution in [0.1, 0.15) is 15.9 Å². The first-order chi connectivity index (χ1) is 10.6. The van der Waals surface area contributed by atoms with Crippen LogP contribution in [0.4, 0.5) is 0 Å². The third kappa shape index (κ3) is 4.17. The first-order valence-electron chi connectivity index (χ1n) is 6.47. The van der Waals surface area contributed by atoms with E-state index in [1.165, 1.54) is 6.07 Å². The molecule has 2 aromatic rings. The number of carbonyl (C=O) groups is 1. The lowest BCUT2D eigenvalue weighted by atomic mass is 10.2. The highest BCUT2D eigenvalue weighted by atomic mass is 35.5. The largest absolute Gasteiger partial charge is 0.495 e. The minimum Gasteiger partial charge on any atom is -0.495 e. The molecule has 1 amide bonds. The molecule has 0 unspecified atom stereocenters. The predicted octanol–water partition coefficient (Wildman–Crippen LogP) is 3.78. The van der Waals surface area contributed by atoms with Crippen molar-refractivity contribution in [1.29, 1.82) is 0 Å². The molecule has 0 saturated heterocycles. The molecule has 0 radical (unpaired) electrons. The van der Waals surface area contributed by atoms with Crippen molar-refractivity contribution in [3.05, 3.63) is 63.6 Å². The zero-order chi connectivity index (χ0) is 15.9. The Hall–Kier alpha value is -2.15.